The summed E-state index contributed by atoms with van der Waals surface area (Å²) >= 11 is 0. The van der Waals surface area contributed by atoms with E-state index in [2.05, 4.69) is 9.97 Å². The Bertz CT molecular complexity index is 660. The largest absolute Gasteiger partial charge is 0.468 e. The van der Waals surface area contributed by atoms with Crippen molar-refractivity contribution in [3.8, 4) is 0 Å². The Hall–Kier alpha value is -2.08. The highest BCUT2D eigenvalue weighted by molar-refractivity contribution is 5.96. The maximum atomic E-state index is 13.0. The molecule has 2 aliphatic rings. The summed E-state index contributed by atoms with van der Waals surface area (Å²) in [6.45, 7) is 0.579. The van der Waals surface area contributed by atoms with Crippen molar-refractivity contribution < 1.29 is 13.9 Å². The molecule has 0 radical (unpaired) electrons. The van der Waals surface area contributed by atoms with Crippen molar-refractivity contribution >= 4 is 5.91 Å². The molecule has 6 heteroatoms. The second-order valence-electron chi connectivity index (χ2n) is 6.01. The second-order valence-corrected chi connectivity index (χ2v) is 6.01. The van der Waals surface area contributed by atoms with Crippen molar-refractivity contribution in [1.29, 1.82) is 0 Å². The number of hydrogen-bond acceptors (Lipinski definition) is 4. The van der Waals surface area contributed by atoms with Crippen LogP contribution in [0.25, 0.3) is 0 Å². The molecular formula is C16H19N3O3. The molecule has 116 valence electrons. The number of furan rings is 1. The summed E-state index contributed by atoms with van der Waals surface area (Å²) in [5.74, 6) is 2.07. The van der Waals surface area contributed by atoms with Gasteiger partial charge in [-0.15, -0.1) is 0 Å². The van der Waals surface area contributed by atoms with Gasteiger partial charge in [0.15, 0.2) is 0 Å². The summed E-state index contributed by atoms with van der Waals surface area (Å²) < 4.78 is 11.0. The van der Waals surface area contributed by atoms with Gasteiger partial charge in [0, 0.05) is 38.4 Å². The molecule has 1 aliphatic heterocycles. The van der Waals surface area contributed by atoms with E-state index in [4.69, 9.17) is 9.15 Å². The minimum Gasteiger partial charge on any atom is -0.468 e. The van der Waals surface area contributed by atoms with E-state index in [-0.39, 0.29) is 18.1 Å². The minimum atomic E-state index is -0.0746. The first kappa shape index (κ1) is 13.6. The summed E-state index contributed by atoms with van der Waals surface area (Å²) in [5, 5.41) is 0. The molecule has 2 atom stereocenters. The standard InChI is InChI=1S/C16H19N3O3/c1-21-11-8-13(15-17-5-6-18-15)19(9-11)16(20)12-4-7-22-14(12)10-2-3-10/h4-7,10-11,13H,2-3,8-9H2,1H3,(H,17,18)/t11-,13?/m1/s1. The van der Waals surface area contributed by atoms with Gasteiger partial charge in [-0.05, 0) is 18.9 Å². The maximum absolute atomic E-state index is 13.0. The van der Waals surface area contributed by atoms with Crippen molar-refractivity contribution in [2.75, 3.05) is 13.7 Å². The van der Waals surface area contributed by atoms with Crippen LogP contribution in [0, 0.1) is 0 Å². The number of H-pyrrole nitrogens is 1. The van der Waals surface area contributed by atoms with Crippen LogP contribution in [0.3, 0.4) is 0 Å². The van der Waals surface area contributed by atoms with E-state index in [0.717, 1.165) is 30.8 Å². The zero-order valence-electron chi connectivity index (χ0n) is 12.5. The number of ether oxygens (including phenoxy) is 1. The fourth-order valence-electron chi connectivity index (χ4n) is 3.23. The second kappa shape index (κ2) is 5.28. The highest BCUT2D eigenvalue weighted by atomic mass is 16.5. The molecule has 2 fully saturated rings. The lowest BCUT2D eigenvalue weighted by atomic mass is 10.1. The van der Waals surface area contributed by atoms with Crippen molar-refractivity contribution in [3.05, 3.63) is 41.9 Å². The smallest absolute Gasteiger partial charge is 0.258 e. The molecule has 1 unspecified atom stereocenters. The maximum Gasteiger partial charge on any atom is 0.258 e. The van der Waals surface area contributed by atoms with Gasteiger partial charge in [-0.1, -0.05) is 0 Å². The summed E-state index contributed by atoms with van der Waals surface area (Å²) in [7, 11) is 1.69. The molecule has 4 rings (SSSR count). The lowest BCUT2D eigenvalue weighted by molar-refractivity contribution is 0.0682. The number of nitrogens with zero attached hydrogens (tertiary/aromatic N) is 2. The van der Waals surface area contributed by atoms with E-state index < -0.39 is 0 Å². The van der Waals surface area contributed by atoms with Gasteiger partial charge in [0.1, 0.15) is 11.6 Å². The molecule has 2 aromatic heterocycles. The Balaban J connectivity index is 1.63. The van der Waals surface area contributed by atoms with Gasteiger partial charge < -0.3 is 19.0 Å². The Kier molecular flexibility index (Phi) is 3.26. The molecule has 1 N–H and O–H groups in total. The normalized spacial score (nSPS) is 24.9. The van der Waals surface area contributed by atoms with E-state index in [9.17, 15) is 4.79 Å². The average molecular weight is 301 g/mol. The SMILES string of the molecule is CO[C@@H]1CC(c2ncc[nH]2)N(C(=O)c2ccoc2C2CC2)C1. The number of rotatable bonds is 4. The van der Waals surface area contributed by atoms with E-state index in [1.807, 2.05) is 4.90 Å². The van der Waals surface area contributed by atoms with Gasteiger partial charge in [-0.3, -0.25) is 4.79 Å². The molecule has 22 heavy (non-hydrogen) atoms. The Labute approximate surface area is 128 Å². The van der Waals surface area contributed by atoms with Crippen LogP contribution in [0.2, 0.25) is 0 Å². The van der Waals surface area contributed by atoms with Gasteiger partial charge in [0.2, 0.25) is 0 Å². The summed E-state index contributed by atoms with van der Waals surface area (Å²) in [5.41, 5.74) is 0.691. The summed E-state index contributed by atoms with van der Waals surface area (Å²) in [6.07, 6.45) is 8.12. The van der Waals surface area contributed by atoms with E-state index in [1.165, 1.54) is 0 Å². The number of methoxy groups -OCH3 is 1. The Morgan fingerprint density at radius 2 is 2.36 bits per heavy atom. The lowest BCUT2D eigenvalue weighted by Gasteiger charge is -2.22. The topological polar surface area (TPSA) is 71.4 Å². The highest BCUT2D eigenvalue weighted by Crippen LogP contribution is 2.43. The molecule has 1 saturated heterocycles. The van der Waals surface area contributed by atoms with Crippen molar-refractivity contribution in [1.82, 2.24) is 14.9 Å². The molecule has 1 saturated carbocycles. The molecule has 1 aliphatic carbocycles. The third-order valence-electron chi connectivity index (χ3n) is 4.57. The zero-order chi connectivity index (χ0) is 15.1. The monoisotopic (exact) mass is 301 g/mol. The predicted octanol–water partition coefficient (Wildman–Crippen LogP) is 2.48. The van der Waals surface area contributed by atoms with Crippen LogP contribution in [0.1, 0.15) is 53.2 Å². The third-order valence-corrected chi connectivity index (χ3v) is 4.57. The number of amides is 1. The number of carbonyl (C=O) groups excluding carboxylic acids is 1. The first-order valence-corrected chi connectivity index (χ1v) is 7.68. The van der Waals surface area contributed by atoms with Crippen molar-refractivity contribution in [3.63, 3.8) is 0 Å². The fourth-order valence-corrected chi connectivity index (χ4v) is 3.23. The first-order valence-electron chi connectivity index (χ1n) is 7.68. The molecule has 0 aromatic carbocycles. The summed E-state index contributed by atoms with van der Waals surface area (Å²) in [4.78, 5) is 22.3. The van der Waals surface area contributed by atoms with Crippen LogP contribution in [-0.4, -0.2) is 40.5 Å². The van der Waals surface area contributed by atoms with E-state index >= 15 is 0 Å². The van der Waals surface area contributed by atoms with Crippen LogP contribution >= 0.6 is 0 Å². The van der Waals surface area contributed by atoms with Crippen LogP contribution in [0.4, 0.5) is 0 Å². The number of carbonyl (C=O) groups is 1. The van der Waals surface area contributed by atoms with Gasteiger partial charge >= 0.3 is 0 Å². The molecule has 0 bridgehead atoms. The van der Waals surface area contributed by atoms with Crippen LogP contribution in [-0.2, 0) is 4.74 Å². The Morgan fingerprint density at radius 3 is 3.05 bits per heavy atom. The summed E-state index contributed by atoms with van der Waals surface area (Å²) in [6, 6.07) is 1.71. The minimum absolute atomic E-state index is 0.0107. The Morgan fingerprint density at radius 1 is 1.50 bits per heavy atom. The quantitative estimate of drug-likeness (QED) is 0.941. The van der Waals surface area contributed by atoms with Gasteiger partial charge in [-0.2, -0.15) is 0 Å². The van der Waals surface area contributed by atoms with Crippen LogP contribution < -0.4 is 0 Å². The van der Waals surface area contributed by atoms with Gasteiger partial charge in [0.25, 0.3) is 5.91 Å². The number of likely N-dealkylation sites (tertiary alicyclic amines) is 1. The number of aromatic nitrogens is 2. The molecule has 2 aromatic rings. The van der Waals surface area contributed by atoms with Crippen molar-refractivity contribution in [2.45, 2.75) is 37.3 Å². The molecule has 6 nitrogen and oxygen atoms in total. The molecular weight excluding hydrogens is 282 g/mol. The lowest BCUT2D eigenvalue weighted by Crippen LogP contribution is -2.32. The number of imidazole rings is 1. The molecule has 1 amide bonds. The first-order chi connectivity index (χ1) is 10.8. The van der Waals surface area contributed by atoms with E-state index in [0.29, 0.717) is 18.0 Å². The van der Waals surface area contributed by atoms with E-state index in [1.54, 1.807) is 31.8 Å². The fraction of sp³-hybridized carbons (Fsp3) is 0.500. The number of nitrogens with one attached hydrogen (secondary N) is 1. The highest BCUT2D eigenvalue weighted by Gasteiger charge is 2.40. The average Bonchev–Trinajstić information content (AvgIpc) is 3.02. The predicted molar refractivity (Wildman–Crippen MR) is 78.5 cm³/mol. The third kappa shape index (κ3) is 2.23. The number of aromatic amines is 1. The zero-order valence-corrected chi connectivity index (χ0v) is 12.5. The molecule has 3 heterocycles. The molecule has 0 spiro atoms. The van der Waals surface area contributed by atoms with Gasteiger partial charge in [0.05, 0.1) is 24.0 Å². The van der Waals surface area contributed by atoms with Crippen LogP contribution in [0.5, 0.6) is 0 Å². The van der Waals surface area contributed by atoms with Crippen molar-refractivity contribution in [2.24, 2.45) is 0 Å². The van der Waals surface area contributed by atoms with Gasteiger partial charge in [-0.25, -0.2) is 4.98 Å². The van der Waals surface area contributed by atoms with Crippen LogP contribution in [0.15, 0.2) is 29.1 Å². The number of hydrogen-bond donors (Lipinski definition) is 1.